The highest BCUT2D eigenvalue weighted by atomic mass is 14.6. The third-order valence-corrected chi connectivity index (χ3v) is 10.4. The molecule has 0 bridgehead atoms. The fourth-order valence-corrected chi connectivity index (χ4v) is 7.86. The van der Waals surface area contributed by atoms with Crippen molar-refractivity contribution in [2.24, 2.45) is 0 Å². The fourth-order valence-electron chi connectivity index (χ4n) is 7.86. The van der Waals surface area contributed by atoms with Crippen LogP contribution in [0.4, 0.5) is 5.69 Å². The van der Waals surface area contributed by atoms with Crippen molar-refractivity contribution in [1.82, 2.24) is 4.98 Å². The van der Waals surface area contributed by atoms with Gasteiger partial charge in [0.1, 0.15) is 0 Å². The molecule has 55 heavy (non-hydrogen) atoms. The summed E-state index contributed by atoms with van der Waals surface area (Å²) in [5, 5.41) is 26.5. The van der Waals surface area contributed by atoms with E-state index in [1.165, 1.54) is 43.6 Å². The zero-order valence-electron chi connectivity index (χ0n) is 30.0. The van der Waals surface area contributed by atoms with Gasteiger partial charge in [-0.25, -0.2) is 0 Å². The first-order valence-electron chi connectivity index (χ1n) is 18.3. The summed E-state index contributed by atoms with van der Waals surface area (Å²) in [7, 11) is 0. The van der Waals surface area contributed by atoms with Gasteiger partial charge in [0.05, 0.1) is 11.4 Å². The number of fused-ring (bicyclic) bond motifs is 4. The molecule has 1 aromatic heterocycles. The molecule has 0 spiro atoms. The molecule has 260 valence electrons. The first-order chi connectivity index (χ1) is 27.0. The van der Waals surface area contributed by atoms with Crippen molar-refractivity contribution in [1.29, 1.82) is 10.8 Å². The highest BCUT2D eigenvalue weighted by Gasteiger charge is 2.21. The van der Waals surface area contributed by atoms with Crippen molar-refractivity contribution in [2.45, 2.75) is 0 Å². The van der Waals surface area contributed by atoms with Crippen LogP contribution in [0, 0.1) is 10.8 Å². The average molecular weight is 705 g/mol. The number of anilines is 1. The molecule has 1 heterocycles. The van der Waals surface area contributed by atoms with Gasteiger partial charge in [0, 0.05) is 29.2 Å². The third kappa shape index (κ3) is 6.16. The lowest BCUT2D eigenvalue weighted by atomic mass is 9.85. The van der Waals surface area contributed by atoms with Gasteiger partial charge in [-0.3, -0.25) is 15.8 Å². The Morgan fingerprint density at radius 3 is 1.47 bits per heavy atom. The number of nitrogens with two attached hydrogens (primary N) is 1. The smallest absolute Gasteiger partial charge is 0.0868 e. The molecule has 0 radical (unpaired) electrons. The summed E-state index contributed by atoms with van der Waals surface area (Å²) < 4.78 is 0. The molecule has 0 saturated carbocycles. The molecule has 0 atom stereocenters. The van der Waals surface area contributed by atoms with Gasteiger partial charge in [-0.2, -0.15) is 0 Å². The van der Waals surface area contributed by atoms with Crippen molar-refractivity contribution in [3.05, 3.63) is 206 Å². The van der Waals surface area contributed by atoms with E-state index in [-0.39, 0.29) is 11.4 Å². The number of nitrogen functional groups attached to an aromatic ring is 1. The average Bonchev–Trinajstić information content (AvgIpc) is 3.24. The van der Waals surface area contributed by atoms with E-state index >= 15 is 0 Å². The molecule has 4 nitrogen and oxygen atoms in total. The first kappa shape index (κ1) is 33.4. The van der Waals surface area contributed by atoms with Gasteiger partial charge < -0.3 is 5.73 Å². The molecule has 1 aliphatic rings. The summed E-state index contributed by atoms with van der Waals surface area (Å²) in [5.41, 5.74) is 15.9. The van der Waals surface area contributed by atoms with E-state index in [1.807, 2.05) is 73.1 Å². The van der Waals surface area contributed by atoms with E-state index in [4.69, 9.17) is 16.6 Å². The molecule has 4 N–H and O–H groups in total. The van der Waals surface area contributed by atoms with E-state index in [2.05, 4.69) is 120 Å². The van der Waals surface area contributed by atoms with Gasteiger partial charge in [-0.05, 0) is 107 Å². The highest BCUT2D eigenvalue weighted by Crippen LogP contribution is 2.43. The van der Waals surface area contributed by atoms with E-state index in [1.54, 1.807) is 6.08 Å². The Kier molecular flexibility index (Phi) is 8.62. The number of rotatable bonds is 4. The number of allylic oxidation sites excluding steroid dienone is 4. The largest absolute Gasteiger partial charge is 0.399 e. The van der Waals surface area contributed by atoms with Gasteiger partial charge in [0.15, 0.2) is 0 Å². The Hall–Kier alpha value is -7.43. The van der Waals surface area contributed by atoms with Crippen LogP contribution < -0.4 is 5.73 Å². The van der Waals surface area contributed by atoms with Crippen LogP contribution in [0.5, 0.6) is 0 Å². The molecule has 9 aromatic rings. The minimum Gasteiger partial charge on any atom is -0.399 e. The summed E-state index contributed by atoms with van der Waals surface area (Å²) in [5.74, 6) is 0. The van der Waals surface area contributed by atoms with Crippen LogP contribution in [0.2, 0.25) is 0 Å². The monoisotopic (exact) mass is 704 g/mol. The van der Waals surface area contributed by atoms with Crippen molar-refractivity contribution in [3.8, 4) is 22.3 Å². The molecular weight excluding hydrogens is 669 g/mol. The van der Waals surface area contributed by atoms with Crippen molar-refractivity contribution in [2.75, 3.05) is 5.73 Å². The Morgan fingerprint density at radius 1 is 0.418 bits per heavy atom. The molecule has 0 aliphatic heterocycles. The van der Waals surface area contributed by atoms with Gasteiger partial charge in [-0.1, -0.05) is 152 Å². The van der Waals surface area contributed by atoms with Gasteiger partial charge in [0.2, 0.25) is 0 Å². The number of aromatic nitrogens is 1. The normalized spacial score (nSPS) is 12.7. The number of nitrogens with zero attached hydrogens (tertiary/aromatic N) is 1. The molecule has 8 aromatic carbocycles. The quantitative estimate of drug-likeness (QED) is 0.0967. The van der Waals surface area contributed by atoms with Crippen LogP contribution in [-0.2, 0) is 0 Å². The highest BCUT2D eigenvalue weighted by molar-refractivity contribution is 6.62. The summed E-state index contributed by atoms with van der Waals surface area (Å²) >= 11 is 0. The van der Waals surface area contributed by atoms with Crippen molar-refractivity contribution < 1.29 is 0 Å². The predicted molar refractivity (Wildman–Crippen MR) is 234 cm³/mol. The second-order valence-corrected chi connectivity index (χ2v) is 13.7. The Morgan fingerprint density at radius 2 is 0.909 bits per heavy atom. The Bertz CT molecular complexity index is 2940. The number of nitrogens with one attached hydrogen (secondary N) is 2. The van der Waals surface area contributed by atoms with Crippen LogP contribution >= 0.6 is 0 Å². The van der Waals surface area contributed by atoms with Crippen LogP contribution in [-0.4, -0.2) is 16.4 Å². The second-order valence-electron chi connectivity index (χ2n) is 13.7. The van der Waals surface area contributed by atoms with Gasteiger partial charge >= 0.3 is 0 Å². The minimum atomic E-state index is 0.244. The first-order valence-corrected chi connectivity index (χ1v) is 18.3. The number of benzene rings is 8. The van der Waals surface area contributed by atoms with Gasteiger partial charge in [-0.15, -0.1) is 0 Å². The summed E-state index contributed by atoms with van der Waals surface area (Å²) in [6.45, 7) is 0. The molecule has 0 fully saturated rings. The fraction of sp³-hybridized carbons (Fsp3) is 0. The molecule has 10 rings (SSSR count). The van der Waals surface area contributed by atoms with Crippen LogP contribution in [0.25, 0.3) is 76.5 Å². The minimum absolute atomic E-state index is 0.244. The Balaban J connectivity index is 0.000000144. The summed E-state index contributed by atoms with van der Waals surface area (Å²) in [6, 6.07) is 58.4. The predicted octanol–water partition coefficient (Wildman–Crippen LogP) is 12.8. The maximum absolute atomic E-state index is 8.54. The lowest BCUT2D eigenvalue weighted by molar-refractivity contribution is 1.33. The van der Waals surface area contributed by atoms with Crippen molar-refractivity contribution >= 4 is 71.3 Å². The van der Waals surface area contributed by atoms with Gasteiger partial charge in [0.25, 0.3) is 0 Å². The molecule has 4 heteroatoms. The standard InChI is InChI=1S/C26H18N2.C25H18N2/c27-25-16-19(22-13-5-9-17-7-1-3-11-20(17)22)15-24(26(25)28)23-14-6-10-18-8-2-4-12-21(18)23;26-19-13-11-17(12-14-19)24-20-7-1-3-9-22(20)25(18-6-5-15-27-16-18)23-10-4-2-8-21(23)24/h1-16,27-28H;1-16H,26H2. The SMILES string of the molecule is N=C1C=C(c2cccc3ccccc23)C=C(c2cccc3ccccc23)C1=N.Nc1ccc(-c2c3ccccc3c(-c3cccnc3)c3ccccc23)cc1. The van der Waals surface area contributed by atoms with Crippen LogP contribution in [0.15, 0.2) is 194 Å². The summed E-state index contributed by atoms with van der Waals surface area (Å²) in [6.07, 6.45) is 7.62. The maximum atomic E-state index is 8.54. The molecule has 0 amide bonds. The third-order valence-electron chi connectivity index (χ3n) is 10.4. The Labute approximate surface area is 319 Å². The van der Waals surface area contributed by atoms with E-state index in [0.717, 1.165) is 49.7 Å². The molecular formula is C51H36N4. The number of pyridine rings is 1. The lowest BCUT2D eigenvalue weighted by Gasteiger charge is -2.19. The zero-order chi connectivity index (χ0) is 37.3. The number of hydrogen-bond donors (Lipinski definition) is 3. The van der Waals surface area contributed by atoms with Crippen molar-refractivity contribution in [3.63, 3.8) is 0 Å². The van der Waals surface area contributed by atoms with Crippen LogP contribution in [0.1, 0.15) is 11.1 Å². The summed E-state index contributed by atoms with van der Waals surface area (Å²) in [4.78, 5) is 4.35. The van der Waals surface area contributed by atoms with E-state index in [9.17, 15) is 0 Å². The molecule has 0 unspecified atom stereocenters. The molecule has 0 saturated heterocycles. The van der Waals surface area contributed by atoms with E-state index in [0.29, 0.717) is 0 Å². The zero-order valence-corrected chi connectivity index (χ0v) is 30.0. The number of hydrogen-bond acceptors (Lipinski definition) is 4. The lowest BCUT2D eigenvalue weighted by Crippen LogP contribution is -2.16. The van der Waals surface area contributed by atoms with Crippen LogP contribution in [0.3, 0.4) is 0 Å². The molecule has 1 aliphatic carbocycles. The van der Waals surface area contributed by atoms with E-state index < -0.39 is 0 Å². The second kappa shape index (κ2) is 14.2. The maximum Gasteiger partial charge on any atom is 0.0868 e. The topological polar surface area (TPSA) is 86.6 Å².